The summed E-state index contributed by atoms with van der Waals surface area (Å²) in [5.41, 5.74) is 0.325. The lowest BCUT2D eigenvalue weighted by molar-refractivity contribution is 0.0468. The highest BCUT2D eigenvalue weighted by atomic mass is 15.2. The molecular formula is C17H34N2. The van der Waals surface area contributed by atoms with E-state index >= 15 is 0 Å². The zero-order chi connectivity index (χ0) is 13.7. The molecule has 1 saturated carbocycles. The Hall–Kier alpha value is -0.0800. The summed E-state index contributed by atoms with van der Waals surface area (Å²) in [6, 6.07) is 0.677. The number of hydrogen-bond acceptors (Lipinski definition) is 2. The van der Waals surface area contributed by atoms with Gasteiger partial charge in [0.1, 0.15) is 0 Å². The first-order chi connectivity index (χ1) is 9.14. The zero-order valence-corrected chi connectivity index (χ0v) is 13.4. The minimum Gasteiger partial charge on any atom is -0.312 e. The molecule has 19 heavy (non-hydrogen) atoms. The van der Waals surface area contributed by atoms with E-state index in [1.807, 2.05) is 0 Å². The van der Waals surface area contributed by atoms with Gasteiger partial charge in [0.25, 0.3) is 0 Å². The van der Waals surface area contributed by atoms with Crippen molar-refractivity contribution in [3.05, 3.63) is 0 Å². The summed E-state index contributed by atoms with van der Waals surface area (Å²) < 4.78 is 0. The van der Waals surface area contributed by atoms with Gasteiger partial charge in [-0.15, -0.1) is 0 Å². The largest absolute Gasteiger partial charge is 0.312 e. The molecule has 1 aliphatic carbocycles. The number of rotatable bonds is 7. The minimum atomic E-state index is 0.325. The van der Waals surface area contributed by atoms with Crippen molar-refractivity contribution < 1.29 is 0 Å². The van der Waals surface area contributed by atoms with Crippen LogP contribution in [0.15, 0.2) is 0 Å². The van der Waals surface area contributed by atoms with E-state index in [1.165, 1.54) is 71.0 Å². The molecule has 0 spiro atoms. The van der Waals surface area contributed by atoms with Crippen LogP contribution < -0.4 is 5.32 Å². The van der Waals surface area contributed by atoms with Crippen LogP contribution in [0.4, 0.5) is 0 Å². The second kappa shape index (κ2) is 7.08. The van der Waals surface area contributed by atoms with E-state index in [0.29, 0.717) is 11.6 Å². The maximum atomic E-state index is 3.86. The first-order valence-electron chi connectivity index (χ1n) is 8.63. The van der Waals surface area contributed by atoms with Crippen LogP contribution >= 0.6 is 0 Å². The Kier molecular flexibility index (Phi) is 5.70. The molecule has 112 valence electrons. The summed E-state index contributed by atoms with van der Waals surface area (Å²) >= 11 is 0. The van der Waals surface area contributed by atoms with E-state index in [9.17, 15) is 0 Å². The molecule has 0 aromatic rings. The van der Waals surface area contributed by atoms with E-state index in [1.54, 1.807) is 0 Å². The van der Waals surface area contributed by atoms with Crippen LogP contribution in [0.5, 0.6) is 0 Å². The van der Waals surface area contributed by atoms with Gasteiger partial charge < -0.3 is 5.32 Å². The number of likely N-dealkylation sites (tertiary alicyclic amines) is 1. The van der Waals surface area contributed by atoms with Crippen LogP contribution in [-0.4, -0.2) is 36.1 Å². The molecule has 1 unspecified atom stereocenters. The predicted molar refractivity (Wildman–Crippen MR) is 83.5 cm³/mol. The Morgan fingerprint density at radius 3 is 2.32 bits per heavy atom. The fraction of sp³-hybridized carbons (Fsp3) is 1.00. The molecule has 1 saturated heterocycles. The summed E-state index contributed by atoms with van der Waals surface area (Å²) in [4.78, 5) is 2.75. The first kappa shape index (κ1) is 15.3. The van der Waals surface area contributed by atoms with Crippen LogP contribution in [0.3, 0.4) is 0 Å². The molecule has 2 rings (SSSR count). The summed E-state index contributed by atoms with van der Waals surface area (Å²) in [6.45, 7) is 11.0. The summed E-state index contributed by atoms with van der Waals surface area (Å²) in [6.07, 6.45) is 11.3. The maximum absolute atomic E-state index is 3.86. The van der Waals surface area contributed by atoms with Crippen molar-refractivity contribution in [2.45, 2.75) is 83.7 Å². The van der Waals surface area contributed by atoms with Crippen LogP contribution in [0.25, 0.3) is 0 Å². The Morgan fingerprint density at radius 1 is 1.11 bits per heavy atom. The van der Waals surface area contributed by atoms with E-state index in [-0.39, 0.29) is 0 Å². The highest BCUT2D eigenvalue weighted by Crippen LogP contribution is 2.35. The molecule has 1 aliphatic heterocycles. The topological polar surface area (TPSA) is 15.3 Å². The standard InChI is InChI=1S/C17H34N2/c1-4-11-18-16(14-15-9-8-10-15)17(2,3)19-12-6-5-7-13-19/h15-16,18H,4-14H2,1-3H3. The molecule has 0 radical (unpaired) electrons. The SMILES string of the molecule is CCCNC(CC1CCC1)C(C)(C)N1CCCCC1. The fourth-order valence-electron chi connectivity index (χ4n) is 3.69. The quantitative estimate of drug-likeness (QED) is 0.754. The maximum Gasteiger partial charge on any atom is 0.0306 e. The molecule has 2 aliphatic rings. The lowest BCUT2D eigenvalue weighted by Gasteiger charge is -2.48. The number of nitrogens with zero attached hydrogens (tertiary/aromatic N) is 1. The van der Waals surface area contributed by atoms with Gasteiger partial charge in [-0.2, -0.15) is 0 Å². The van der Waals surface area contributed by atoms with E-state index in [2.05, 4.69) is 31.0 Å². The van der Waals surface area contributed by atoms with Gasteiger partial charge in [0.05, 0.1) is 0 Å². The first-order valence-corrected chi connectivity index (χ1v) is 8.63. The number of nitrogens with one attached hydrogen (secondary N) is 1. The molecule has 2 nitrogen and oxygen atoms in total. The molecule has 1 atom stereocenters. The highest BCUT2D eigenvalue weighted by Gasteiger charge is 2.37. The van der Waals surface area contributed by atoms with E-state index < -0.39 is 0 Å². The van der Waals surface area contributed by atoms with Gasteiger partial charge in [-0.05, 0) is 65.1 Å². The molecule has 2 fully saturated rings. The molecule has 0 aromatic carbocycles. The van der Waals surface area contributed by atoms with Crippen LogP contribution in [0, 0.1) is 5.92 Å². The van der Waals surface area contributed by atoms with Gasteiger partial charge in [-0.1, -0.05) is 32.6 Å². The zero-order valence-electron chi connectivity index (χ0n) is 13.4. The molecular weight excluding hydrogens is 232 g/mol. The van der Waals surface area contributed by atoms with Crippen LogP contribution in [0.2, 0.25) is 0 Å². The van der Waals surface area contributed by atoms with Gasteiger partial charge in [-0.3, -0.25) is 4.90 Å². The van der Waals surface area contributed by atoms with E-state index in [4.69, 9.17) is 0 Å². The third-order valence-corrected chi connectivity index (χ3v) is 5.46. The summed E-state index contributed by atoms with van der Waals surface area (Å²) in [7, 11) is 0. The number of piperidine rings is 1. The second-order valence-electron chi connectivity index (χ2n) is 7.24. The average Bonchev–Trinajstić information content (AvgIpc) is 2.37. The lowest BCUT2D eigenvalue weighted by atomic mass is 9.76. The number of hydrogen-bond donors (Lipinski definition) is 1. The van der Waals surface area contributed by atoms with Crippen molar-refractivity contribution in [1.29, 1.82) is 0 Å². The average molecular weight is 266 g/mol. The van der Waals surface area contributed by atoms with Crippen molar-refractivity contribution in [2.75, 3.05) is 19.6 Å². The van der Waals surface area contributed by atoms with Crippen molar-refractivity contribution in [2.24, 2.45) is 5.92 Å². The Balaban J connectivity index is 1.95. The third-order valence-electron chi connectivity index (χ3n) is 5.46. The smallest absolute Gasteiger partial charge is 0.0306 e. The van der Waals surface area contributed by atoms with Gasteiger partial charge in [0.15, 0.2) is 0 Å². The molecule has 0 aromatic heterocycles. The summed E-state index contributed by atoms with van der Waals surface area (Å²) in [5, 5.41) is 3.86. The summed E-state index contributed by atoms with van der Waals surface area (Å²) in [5.74, 6) is 0.999. The van der Waals surface area contributed by atoms with Gasteiger partial charge >= 0.3 is 0 Å². The van der Waals surface area contributed by atoms with Crippen LogP contribution in [0.1, 0.15) is 72.1 Å². The van der Waals surface area contributed by atoms with Crippen molar-refractivity contribution in [3.8, 4) is 0 Å². The third kappa shape index (κ3) is 3.95. The lowest BCUT2D eigenvalue weighted by Crippen LogP contribution is -2.59. The van der Waals surface area contributed by atoms with E-state index in [0.717, 1.165) is 5.92 Å². The molecule has 1 N–H and O–H groups in total. The second-order valence-corrected chi connectivity index (χ2v) is 7.24. The molecule has 2 heteroatoms. The van der Waals surface area contributed by atoms with Gasteiger partial charge in [0.2, 0.25) is 0 Å². The van der Waals surface area contributed by atoms with Gasteiger partial charge in [-0.25, -0.2) is 0 Å². The van der Waals surface area contributed by atoms with Crippen LogP contribution in [-0.2, 0) is 0 Å². The van der Waals surface area contributed by atoms with Crippen molar-refractivity contribution in [1.82, 2.24) is 10.2 Å². The molecule has 0 bridgehead atoms. The monoisotopic (exact) mass is 266 g/mol. The van der Waals surface area contributed by atoms with Crippen molar-refractivity contribution in [3.63, 3.8) is 0 Å². The van der Waals surface area contributed by atoms with Crippen molar-refractivity contribution >= 4 is 0 Å². The van der Waals surface area contributed by atoms with Gasteiger partial charge in [0, 0.05) is 11.6 Å². The molecule has 1 heterocycles. The normalized spacial score (nSPS) is 24.2. The Morgan fingerprint density at radius 2 is 1.79 bits per heavy atom. The Labute approximate surface area is 120 Å². The predicted octanol–water partition coefficient (Wildman–Crippen LogP) is 3.81. The Bertz CT molecular complexity index is 252. The fourth-order valence-corrected chi connectivity index (χ4v) is 3.69. The molecule has 0 amide bonds. The highest BCUT2D eigenvalue weighted by molar-refractivity contribution is 4.96. The minimum absolute atomic E-state index is 0.325.